The fraction of sp³-hybridized carbons (Fsp3) is 0.355. The molecule has 0 bridgehead atoms. The van der Waals surface area contributed by atoms with Gasteiger partial charge in [0.1, 0.15) is 28.3 Å². The predicted molar refractivity (Wildman–Crippen MR) is 161 cm³/mol. The number of aliphatic hydroxyl groups excluding tert-OH is 1. The van der Waals surface area contributed by atoms with Gasteiger partial charge in [-0.15, -0.1) is 0 Å². The summed E-state index contributed by atoms with van der Waals surface area (Å²) in [5, 5.41) is 12.7. The molecular formula is C31H40FNO9S. The molecule has 0 fully saturated rings. The molecule has 236 valence electrons. The normalized spacial score (nSPS) is 11.1. The fourth-order valence-electron chi connectivity index (χ4n) is 3.76. The Kier molecular flexibility index (Phi) is 15.9. The van der Waals surface area contributed by atoms with Gasteiger partial charge in [-0.3, -0.25) is 0 Å². The summed E-state index contributed by atoms with van der Waals surface area (Å²) in [6, 6.07) is 12.8. The van der Waals surface area contributed by atoms with Crippen molar-refractivity contribution in [2.45, 2.75) is 44.6 Å². The monoisotopic (exact) mass is 621 g/mol. The van der Waals surface area contributed by atoms with Gasteiger partial charge in [0.15, 0.2) is 11.5 Å². The van der Waals surface area contributed by atoms with Gasteiger partial charge in [0.05, 0.1) is 27.9 Å². The first-order valence-electron chi connectivity index (χ1n) is 13.4. The minimum Gasteiger partial charge on any atom is -0.496 e. The smallest absolute Gasteiger partial charge is 0.341 e. The summed E-state index contributed by atoms with van der Waals surface area (Å²) in [4.78, 5) is 22.1. The molecule has 0 aromatic heterocycles. The molecule has 0 radical (unpaired) electrons. The summed E-state index contributed by atoms with van der Waals surface area (Å²) in [5.74, 6) is -1.32. The van der Waals surface area contributed by atoms with Crippen LogP contribution in [0.25, 0.3) is 0 Å². The van der Waals surface area contributed by atoms with Gasteiger partial charge in [0.2, 0.25) is 0 Å². The van der Waals surface area contributed by atoms with Crippen molar-refractivity contribution < 1.29 is 45.9 Å². The van der Waals surface area contributed by atoms with Crippen LogP contribution in [0.5, 0.6) is 17.2 Å². The predicted octanol–water partition coefficient (Wildman–Crippen LogP) is 4.67. The first kappa shape index (κ1) is 37.0. The number of methoxy groups -OCH3 is 3. The van der Waals surface area contributed by atoms with Crippen molar-refractivity contribution in [1.82, 2.24) is 5.32 Å². The average Bonchev–Trinajstić information content (AvgIpc) is 3.03. The molecule has 2 N–H and O–H groups in total. The summed E-state index contributed by atoms with van der Waals surface area (Å²) < 4.78 is 58.3. The number of halogens is 1. The first-order valence-corrected chi connectivity index (χ1v) is 14.8. The zero-order chi connectivity index (χ0) is 32.6. The molecule has 0 heterocycles. The minimum absolute atomic E-state index is 0.0610. The third-order valence-electron chi connectivity index (χ3n) is 5.95. The number of nitrogens with one attached hydrogen (secondary N) is 1. The van der Waals surface area contributed by atoms with E-state index in [4.69, 9.17) is 13.7 Å². The van der Waals surface area contributed by atoms with Crippen LogP contribution >= 0.6 is 0 Å². The zero-order valence-electron chi connectivity index (χ0n) is 25.5. The number of aliphatic hydroxyl groups is 1. The van der Waals surface area contributed by atoms with E-state index in [1.165, 1.54) is 32.4 Å². The van der Waals surface area contributed by atoms with E-state index in [0.717, 1.165) is 30.7 Å². The molecule has 3 rings (SSSR count). The Balaban J connectivity index is 0.000000443. The molecule has 12 heteroatoms. The molecule has 1 unspecified atom stereocenters. The SMILES string of the molecule is CC.CNCCc1ccc(C(=O)OC)c(OC)c1.COc1ccc(C(C)C=O)c(CO)c1OS(=O)(=O)c1cccc(F)c1. The highest BCUT2D eigenvalue weighted by atomic mass is 32.2. The molecule has 0 amide bonds. The number of carbonyl (C=O) groups excluding carboxylic acids is 2. The van der Waals surface area contributed by atoms with Crippen LogP contribution in [0.15, 0.2) is 59.5 Å². The molecule has 0 saturated carbocycles. The Morgan fingerprint density at radius 1 is 1.02 bits per heavy atom. The van der Waals surface area contributed by atoms with Crippen molar-refractivity contribution in [2.24, 2.45) is 0 Å². The molecule has 1 atom stereocenters. The van der Waals surface area contributed by atoms with Gasteiger partial charge in [0, 0.05) is 11.5 Å². The van der Waals surface area contributed by atoms with Crippen molar-refractivity contribution in [2.75, 3.05) is 34.9 Å². The topological polar surface area (TPSA) is 137 Å². The maximum absolute atomic E-state index is 13.3. The summed E-state index contributed by atoms with van der Waals surface area (Å²) in [6.45, 7) is 5.91. The largest absolute Gasteiger partial charge is 0.496 e. The van der Waals surface area contributed by atoms with Crippen LogP contribution in [0.4, 0.5) is 4.39 Å². The Morgan fingerprint density at radius 3 is 2.23 bits per heavy atom. The Hall–Kier alpha value is -4.00. The second-order valence-corrected chi connectivity index (χ2v) is 10.2. The standard InChI is InChI=1S/C17H17FO6S.C12H17NO3.C2H6/c1-11(9-19)14-6-7-16(23-2)17(15(14)10-20)24-25(21,22)13-5-3-4-12(18)8-13;1-13-7-6-9-4-5-10(12(14)16-3)11(8-9)15-2;1-2/h3-9,11,20H,10H2,1-2H3;4-5,8,13H,6-7H2,1-3H3;1-2H3. The number of esters is 1. The number of ether oxygens (including phenoxy) is 3. The third-order valence-corrected chi connectivity index (χ3v) is 7.16. The van der Waals surface area contributed by atoms with E-state index >= 15 is 0 Å². The van der Waals surface area contributed by atoms with Crippen LogP contribution in [-0.4, -0.2) is 60.7 Å². The highest BCUT2D eigenvalue weighted by Gasteiger charge is 2.25. The Labute approximate surface area is 252 Å². The lowest BCUT2D eigenvalue weighted by atomic mass is 9.96. The van der Waals surface area contributed by atoms with Crippen molar-refractivity contribution in [3.8, 4) is 17.2 Å². The third kappa shape index (κ3) is 10.3. The second-order valence-electron chi connectivity index (χ2n) is 8.62. The highest BCUT2D eigenvalue weighted by molar-refractivity contribution is 7.87. The lowest BCUT2D eigenvalue weighted by molar-refractivity contribution is -0.108. The minimum atomic E-state index is -4.37. The van der Waals surface area contributed by atoms with Gasteiger partial charge in [-0.25, -0.2) is 9.18 Å². The van der Waals surface area contributed by atoms with Gasteiger partial charge in [-0.05, 0) is 67.5 Å². The molecule has 43 heavy (non-hydrogen) atoms. The van der Waals surface area contributed by atoms with Crippen LogP contribution in [-0.2, 0) is 32.7 Å². The van der Waals surface area contributed by atoms with Crippen LogP contribution in [0.1, 0.15) is 53.7 Å². The Morgan fingerprint density at radius 2 is 1.70 bits per heavy atom. The molecule has 0 spiro atoms. The number of benzene rings is 3. The van der Waals surface area contributed by atoms with E-state index in [1.54, 1.807) is 26.2 Å². The number of hydrogen-bond donors (Lipinski definition) is 2. The van der Waals surface area contributed by atoms with Crippen molar-refractivity contribution in [3.05, 3.63) is 82.7 Å². The van der Waals surface area contributed by atoms with E-state index in [9.17, 15) is 27.5 Å². The van der Waals surface area contributed by atoms with Gasteiger partial charge >= 0.3 is 16.1 Å². The Bertz CT molecular complexity index is 1450. The maximum atomic E-state index is 13.3. The van der Waals surface area contributed by atoms with Gasteiger partial charge < -0.3 is 33.6 Å². The quantitative estimate of drug-likeness (QED) is 0.167. The van der Waals surface area contributed by atoms with E-state index < -0.39 is 28.5 Å². The van der Waals surface area contributed by atoms with Gasteiger partial charge in [-0.2, -0.15) is 8.42 Å². The molecule has 3 aromatic rings. The van der Waals surface area contributed by atoms with Crippen molar-refractivity contribution in [1.29, 1.82) is 0 Å². The van der Waals surface area contributed by atoms with Crippen molar-refractivity contribution in [3.63, 3.8) is 0 Å². The molecule has 0 aliphatic rings. The number of rotatable bonds is 12. The molecule has 0 saturated heterocycles. The lowest BCUT2D eigenvalue weighted by Crippen LogP contribution is -2.14. The first-order chi connectivity index (χ1) is 20.6. The molecule has 0 aliphatic heterocycles. The van der Waals surface area contributed by atoms with Crippen molar-refractivity contribution >= 4 is 22.4 Å². The number of hydrogen-bond acceptors (Lipinski definition) is 10. The van der Waals surface area contributed by atoms with E-state index in [-0.39, 0.29) is 27.9 Å². The van der Waals surface area contributed by atoms with Crippen LogP contribution in [0, 0.1) is 5.82 Å². The zero-order valence-corrected chi connectivity index (χ0v) is 26.3. The van der Waals surface area contributed by atoms with Gasteiger partial charge in [0.25, 0.3) is 0 Å². The summed E-state index contributed by atoms with van der Waals surface area (Å²) >= 11 is 0. The summed E-state index contributed by atoms with van der Waals surface area (Å²) in [7, 11) is 1.74. The lowest BCUT2D eigenvalue weighted by Gasteiger charge is -2.18. The summed E-state index contributed by atoms with van der Waals surface area (Å²) in [6.07, 6.45) is 1.56. The molecule has 10 nitrogen and oxygen atoms in total. The van der Waals surface area contributed by atoms with Crippen LogP contribution in [0.3, 0.4) is 0 Å². The average molecular weight is 622 g/mol. The molecule has 0 aliphatic carbocycles. The van der Waals surface area contributed by atoms with E-state index in [0.29, 0.717) is 23.2 Å². The fourth-order valence-corrected chi connectivity index (χ4v) is 4.76. The van der Waals surface area contributed by atoms with E-state index in [2.05, 4.69) is 10.1 Å². The maximum Gasteiger partial charge on any atom is 0.341 e. The summed E-state index contributed by atoms with van der Waals surface area (Å²) in [5.41, 5.74) is 2.10. The van der Waals surface area contributed by atoms with Gasteiger partial charge in [-0.1, -0.05) is 39.0 Å². The number of carbonyl (C=O) groups is 2. The highest BCUT2D eigenvalue weighted by Crippen LogP contribution is 2.38. The molecular weight excluding hydrogens is 581 g/mol. The number of aldehydes is 1. The second kappa shape index (κ2) is 18.5. The van der Waals surface area contributed by atoms with E-state index in [1.807, 2.05) is 33.0 Å². The molecule has 3 aromatic carbocycles. The number of likely N-dealkylation sites (N-methyl/N-ethyl adjacent to an activating group) is 1. The van der Waals surface area contributed by atoms with Crippen LogP contribution in [0.2, 0.25) is 0 Å². The van der Waals surface area contributed by atoms with Crippen LogP contribution < -0.4 is 19.0 Å².